The third-order valence-corrected chi connectivity index (χ3v) is 7.81. The smallest absolute Gasteiger partial charge is 0.163 e. The van der Waals surface area contributed by atoms with Crippen molar-refractivity contribution in [2.45, 2.75) is 51.4 Å². The molecule has 0 aliphatic heterocycles. The number of carbonyl (C=O) groups is 1. The summed E-state index contributed by atoms with van der Waals surface area (Å²) >= 11 is 0. The highest BCUT2D eigenvalue weighted by Gasteiger charge is 2.29. The number of nitrogens with zero attached hydrogens (tertiary/aromatic N) is 1. The highest BCUT2D eigenvalue weighted by Crippen LogP contribution is 2.41. The molecular weight excluding hydrogens is 414 g/mol. The summed E-state index contributed by atoms with van der Waals surface area (Å²) in [7, 11) is 0. The molecule has 2 nitrogen and oxygen atoms in total. The summed E-state index contributed by atoms with van der Waals surface area (Å²) in [6.07, 6.45) is 8.61. The van der Waals surface area contributed by atoms with Gasteiger partial charge in [-0.2, -0.15) is 0 Å². The van der Waals surface area contributed by atoms with Crippen LogP contribution in [0.2, 0.25) is 0 Å². The standard InChI is InChI=1S/C32H33NO/c1-2-23(21-32(34)28-18-16-26(17-19-28)24-8-4-3-5-9-24)25-12-14-27(15-13-25)30-20-29-10-6-7-11-31(29)33-22-30/h3-11,16-20,22-23,25,27H,2,12-15,21H2,1H3/t23-,25?,27?/m0/s1. The minimum Gasteiger partial charge on any atom is -0.294 e. The first-order valence-electron chi connectivity index (χ1n) is 12.7. The second kappa shape index (κ2) is 10.3. The number of pyridine rings is 1. The number of aromatic nitrogens is 1. The number of hydrogen-bond donors (Lipinski definition) is 0. The molecular formula is C32H33NO. The molecule has 0 radical (unpaired) electrons. The molecule has 1 atom stereocenters. The van der Waals surface area contributed by atoms with Crippen LogP contribution in [-0.2, 0) is 0 Å². The van der Waals surface area contributed by atoms with Crippen LogP contribution in [0.3, 0.4) is 0 Å². The van der Waals surface area contributed by atoms with Gasteiger partial charge in [0.25, 0.3) is 0 Å². The van der Waals surface area contributed by atoms with Crippen molar-refractivity contribution in [2.75, 3.05) is 0 Å². The molecule has 0 N–H and O–H groups in total. The van der Waals surface area contributed by atoms with E-state index in [1.165, 1.54) is 42.2 Å². The van der Waals surface area contributed by atoms with E-state index < -0.39 is 0 Å². The Morgan fingerprint density at radius 1 is 0.853 bits per heavy atom. The molecule has 0 saturated heterocycles. The van der Waals surface area contributed by atoms with Gasteiger partial charge < -0.3 is 0 Å². The molecule has 1 aliphatic carbocycles. The third-order valence-electron chi connectivity index (χ3n) is 7.81. The lowest BCUT2D eigenvalue weighted by Gasteiger charge is -2.33. The first-order chi connectivity index (χ1) is 16.7. The largest absolute Gasteiger partial charge is 0.294 e. The molecule has 0 amide bonds. The zero-order valence-electron chi connectivity index (χ0n) is 20.0. The van der Waals surface area contributed by atoms with E-state index in [-0.39, 0.29) is 5.78 Å². The maximum Gasteiger partial charge on any atom is 0.163 e. The van der Waals surface area contributed by atoms with Crippen LogP contribution >= 0.6 is 0 Å². The number of benzene rings is 3. The van der Waals surface area contributed by atoms with Crippen molar-refractivity contribution in [2.24, 2.45) is 11.8 Å². The van der Waals surface area contributed by atoms with Crippen molar-refractivity contribution in [1.82, 2.24) is 4.98 Å². The lowest BCUT2D eigenvalue weighted by atomic mass is 9.71. The number of hydrogen-bond acceptors (Lipinski definition) is 2. The SMILES string of the molecule is CC[C@@H](CC(=O)c1ccc(-c2ccccc2)cc1)C1CCC(c2cnc3ccccc3c2)CC1. The first-order valence-corrected chi connectivity index (χ1v) is 12.7. The Bertz CT molecular complexity index is 1240. The summed E-state index contributed by atoms with van der Waals surface area (Å²) in [6, 6.07) is 29.2. The Balaban J connectivity index is 1.19. The van der Waals surface area contributed by atoms with Gasteiger partial charge in [-0.05, 0) is 72.3 Å². The summed E-state index contributed by atoms with van der Waals surface area (Å²) in [5.41, 5.74) is 5.63. The van der Waals surface area contributed by atoms with Crippen LogP contribution < -0.4 is 0 Å². The number of carbonyl (C=O) groups excluding carboxylic acids is 1. The van der Waals surface area contributed by atoms with Crippen LogP contribution in [0.15, 0.2) is 91.1 Å². The minimum absolute atomic E-state index is 0.285. The molecule has 1 fully saturated rings. The Morgan fingerprint density at radius 2 is 1.53 bits per heavy atom. The maximum absolute atomic E-state index is 13.1. The molecule has 2 heteroatoms. The van der Waals surface area contributed by atoms with E-state index in [0.717, 1.165) is 23.1 Å². The van der Waals surface area contributed by atoms with E-state index in [1.54, 1.807) is 0 Å². The van der Waals surface area contributed by atoms with Gasteiger partial charge in [0, 0.05) is 23.6 Å². The first kappa shape index (κ1) is 22.5. The summed E-state index contributed by atoms with van der Waals surface area (Å²) in [6.45, 7) is 2.25. The van der Waals surface area contributed by atoms with E-state index in [2.05, 4.69) is 66.6 Å². The molecule has 1 aromatic heterocycles. The zero-order valence-corrected chi connectivity index (χ0v) is 20.0. The fourth-order valence-corrected chi connectivity index (χ4v) is 5.71. The third kappa shape index (κ3) is 4.97. The van der Waals surface area contributed by atoms with Crippen molar-refractivity contribution in [3.05, 3.63) is 102 Å². The van der Waals surface area contributed by atoms with Crippen LogP contribution in [0.4, 0.5) is 0 Å². The molecule has 3 aromatic carbocycles. The number of fused-ring (bicyclic) bond motifs is 1. The van der Waals surface area contributed by atoms with Gasteiger partial charge >= 0.3 is 0 Å². The van der Waals surface area contributed by atoms with Gasteiger partial charge in [-0.3, -0.25) is 9.78 Å². The monoisotopic (exact) mass is 447 g/mol. The van der Waals surface area contributed by atoms with Crippen LogP contribution in [0, 0.1) is 11.8 Å². The van der Waals surface area contributed by atoms with Crippen molar-refractivity contribution >= 4 is 16.7 Å². The van der Waals surface area contributed by atoms with Gasteiger partial charge in [-0.1, -0.05) is 86.1 Å². The van der Waals surface area contributed by atoms with Gasteiger partial charge in [0.2, 0.25) is 0 Å². The average molecular weight is 448 g/mol. The molecule has 0 bridgehead atoms. The van der Waals surface area contributed by atoms with E-state index in [0.29, 0.717) is 24.2 Å². The van der Waals surface area contributed by atoms with Gasteiger partial charge in [0.15, 0.2) is 5.78 Å². The van der Waals surface area contributed by atoms with E-state index >= 15 is 0 Å². The van der Waals surface area contributed by atoms with Gasteiger partial charge in [-0.25, -0.2) is 0 Å². The lowest BCUT2D eigenvalue weighted by Crippen LogP contribution is -2.23. The fraction of sp³-hybridized carbons (Fsp3) is 0.312. The van der Waals surface area contributed by atoms with Crippen LogP contribution in [0.5, 0.6) is 0 Å². The lowest BCUT2D eigenvalue weighted by molar-refractivity contribution is 0.0926. The predicted octanol–water partition coefficient (Wildman–Crippen LogP) is 8.47. The Morgan fingerprint density at radius 3 is 2.26 bits per heavy atom. The van der Waals surface area contributed by atoms with Gasteiger partial charge in [0.1, 0.15) is 0 Å². The fourth-order valence-electron chi connectivity index (χ4n) is 5.71. The molecule has 34 heavy (non-hydrogen) atoms. The summed E-state index contributed by atoms with van der Waals surface area (Å²) < 4.78 is 0. The Labute approximate surface area is 203 Å². The second-order valence-electron chi connectivity index (χ2n) is 9.81. The predicted molar refractivity (Wildman–Crippen MR) is 141 cm³/mol. The Kier molecular flexibility index (Phi) is 6.85. The number of ketones is 1. The molecule has 1 heterocycles. The maximum atomic E-state index is 13.1. The van der Waals surface area contributed by atoms with E-state index in [9.17, 15) is 4.79 Å². The van der Waals surface area contributed by atoms with Crippen molar-refractivity contribution in [3.8, 4) is 11.1 Å². The van der Waals surface area contributed by atoms with E-state index in [4.69, 9.17) is 0 Å². The number of Topliss-reactive ketones (excluding diaryl/α,β-unsaturated/α-hetero) is 1. The van der Waals surface area contributed by atoms with Crippen LogP contribution in [0.1, 0.15) is 67.3 Å². The van der Waals surface area contributed by atoms with E-state index in [1.807, 2.05) is 36.4 Å². The number of rotatable bonds is 7. The summed E-state index contributed by atoms with van der Waals surface area (Å²) in [5, 5.41) is 1.23. The molecule has 5 rings (SSSR count). The normalized spacial score (nSPS) is 19.1. The molecule has 0 unspecified atom stereocenters. The molecule has 1 aliphatic rings. The molecule has 1 saturated carbocycles. The van der Waals surface area contributed by atoms with Crippen molar-refractivity contribution in [1.29, 1.82) is 0 Å². The topological polar surface area (TPSA) is 30.0 Å². The zero-order chi connectivity index (χ0) is 23.3. The highest BCUT2D eigenvalue weighted by atomic mass is 16.1. The van der Waals surface area contributed by atoms with Crippen molar-refractivity contribution in [3.63, 3.8) is 0 Å². The van der Waals surface area contributed by atoms with Gasteiger partial charge in [-0.15, -0.1) is 0 Å². The second-order valence-corrected chi connectivity index (χ2v) is 9.81. The van der Waals surface area contributed by atoms with Crippen molar-refractivity contribution < 1.29 is 4.79 Å². The number of para-hydroxylation sites is 1. The average Bonchev–Trinajstić information content (AvgIpc) is 2.92. The summed E-state index contributed by atoms with van der Waals surface area (Å²) in [5.74, 6) is 1.98. The highest BCUT2D eigenvalue weighted by molar-refractivity contribution is 5.96. The summed E-state index contributed by atoms with van der Waals surface area (Å²) in [4.78, 5) is 17.8. The molecule has 4 aromatic rings. The Hall–Kier alpha value is -3.26. The van der Waals surface area contributed by atoms with Crippen LogP contribution in [0.25, 0.3) is 22.0 Å². The molecule has 172 valence electrons. The van der Waals surface area contributed by atoms with Crippen LogP contribution in [-0.4, -0.2) is 10.8 Å². The quantitative estimate of drug-likeness (QED) is 0.266. The minimum atomic E-state index is 0.285. The van der Waals surface area contributed by atoms with Gasteiger partial charge in [0.05, 0.1) is 5.52 Å². The molecule has 0 spiro atoms.